The summed E-state index contributed by atoms with van der Waals surface area (Å²) < 4.78 is 18.1. The normalized spacial score (nSPS) is 31.3. The van der Waals surface area contributed by atoms with Gasteiger partial charge in [0, 0.05) is 24.9 Å². The topological polar surface area (TPSA) is 47.9 Å². The van der Waals surface area contributed by atoms with Crippen LogP contribution in [-0.2, 0) is 20.8 Å². The summed E-state index contributed by atoms with van der Waals surface area (Å²) in [5, 5.41) is 10.5. The zero-order valence-corrected chi connectivity index (χ0v) is 16.5. The lowest BCUT2D eigenvalue weighted by atomic mass is 9.78. The maximum absolute atomic E-state index is 10.5. The summed E-state index contributed by atoms with van der Waals surface area (Å²) in [6, 6.07) is 10.2. The molecule has 146 valence electrons. The van der Waals surface area contributed by atoms with Crippen LogP contribution in [0.5, 0.6) is 0 Å². The monoisotopic (exact) mass is 362 g/mol. The molecule has 2 rings (SSSR count). The first-order valence-corrected chi connectivity index (χ1v) is 9.62. The zero-order chi connectivity index (χ0) is 19.1. The van der Waals surface area contributed by atoms with Gasteiger partial charge in [-0.2, -0.15) is 0 Å². The van der Waals surface area contributed by atoms with Gasteiger partial charge < -0.3 is 19.3 Å². The van der Waals surface area contributed by atoms with E-state index in [-0.39, 0.29) is 36.3 Å². The number of hydrogen-bond acceptors (Lipinski definition) is 4. The second-order valence-electron chi connectivity index (χ2n) is 7.48. The summed E-state index contributed by atoms with van der Waals surface area (Å²) in [6.07, 6.45) is 2.47. The van der Waals surface area contributed by atoms with Crippen molar-refractivity contribution in [2.45, 2.75) is 64.8 Å². The predicted molar refractivity (Wildman–Crippen MR) is 104 cm³/mol. The van der Waals surface area contributed by atoms with E-state index in [0.717, 1.165) is 12.0 Å². The van der Waals surface area contributed by atoms with Crippen molar-refractivity contribution in [1.29, 1.82) is 0 Å². The minimum Gasteiger partial charge on any atom is -0.393 e. The van der Waals surface area contributed by atoms with Crippen LogP contribution in [0, 0.1) is 17.8 Å². The second kappa shape index (κ2) is 10.2. The van der Waals surface area contributed by atoms with Crippen molar-refractivity contribution in [1.82, 2.24) is 0 Å². The first-order chi connectivity index (χ1) is 12.5. The second-order valence-corrected chi connectivity index (χ2v) is 7.48. The minimum atomic E-state index is -0.430. The largest absolute Gasteiger partial charge is 0.393 e. The zero-order valence-electron chi connectivity index (χ0n) is 16.5. The third kappa shape index (κ3) is 5.17. The fraction of sp³-hybridized carbons (Fsp3) is 0.636. The predicted octanol–water partition coefficient (Wildman–Crippen LogP) is 4.18. The first kappa shape index (κ1) is 21.1. The summed E-state index contributed by atoms with van der Waals surface area (Å²) >= 11 is 0. The molecule has 1 heterocycles. The van der Waals surface area contributed by atoms with Crippen molar-refractivity contribution < 1.29 is 19.3 Å². The molecular weight excluding hydrogens is 328 g/mol. The van der Waals surface area contributed by atoms with Crippen LogP contribution in [0.2, 0.25) is 0 Å². The molecule has 4 nitrogen and oxygen atoms in total. The van der Waals surface area contributed by atoms with Gasteiger partial charge in [-0.15, -0.1) is 6.58 Å². The highest BCUT2D eigenvalue weighted by molar-refractivity contribution is 5.13. The average Bonchev–Trinajstić information content (AvgIpc) is 2.66. The van der Waals surface area contributed by atoms with Gasteiger partial charge in [0.25, 0.3) is 0 Å². The van der Waals surface area contributed by atoms with Crippen LogP contribution in [0.15, 0.2) is 43.0 Å². The molecule has 7 atom stereocenters. The Hall–Kier alpha value is -1.20. The third-order valence-electron chi connectivity index (χ3n) is 5.58. The van der Waals surface area contributed by atoms with Gasteiger partial charge in [0.15, 0.2) is 6.29 Å². The van der Waals surface area contributed by atoms with Crippen LogP contribution < -0.4 is 0 Å². The lowest BCUT2D eigenvalue weighted by molar-refractivity contribution is -0.276. The van der Waals surface area contributed by atoms with Crippen molar-refractivity contribution in [3.05, 3.63) is 48.6 Å². The number of aliphatic hydroxyl groups excluding tert-OH is 1. The van der Waals surface area contributed by atoms with Crippen LogP contribution in [0.3, 0.4) is 0 Å². The Morgan fingerprint density at radius 1 is 1.23 bits per heavy atom. The molecule has 0 spiro atoms. The van der Waals surface area contributed by atoms with E-state index < -0.39 is 6.10 Å². The molecule has 1 fully saturated rings. The van der Waals surface area contributed by atoms with Crippen LogP contribution in [-0.4, -0.2) is 36.8 Å². The molecule has 0 saturated carbocycles. The molecule has 4 heteroatoms. The van der Waals surface area contributed by atoms with Crippen LogP contribution >= 0.6 is 0 Å². The average molecular weight is 363 g/mol. The lowest BCUT2D eigenvalue weighted by Crippen LogP contribution is -2.54. The van der Waals surface area contributed by atoms with Crippen molar-refractivity contribution in [2.24, 2.45) is 17.8 Å². The first-order valence-electron chi connectivity index (χ1n) is 9.62. The van der Waals surface area contributed by atoms with Crippen LogP contribution in [0.1, 0.15) is 39.2 Å². The van der Waals surface area contributed by atoms with Crippen LogP contribution in [0.4, 0.5) is 0 Å². The molecule has 0 radical (unpaired) electrons. The highest BCUT2D eigenvalue weighted by Crippen LogP contribution is 2.37. The van der Waals surface area contributed by atoms with E-state index in [1.54, 1.807) is 7.11 Å². The molecule has 26 heavy (non-hydrogen) atoms. The Kier molecular flexibility index (Phi) is 8.29. The number of ether oxygens (including phenoxy) is 3. The van der Waals surface area contributed by atoms with Gasteiger partial charge in [0.2, 0.25) is 0 Å². The van der Waals surface area contributed by atoms with Gasteiger partial charge in [-0.3, -0.25) is 0 Å². The van der Waals surface area contributed by atoms with E-state index in [4.69, 9.17) is 14.2 Å². The standard InChI is InChI=1S/C22H34O4/c1-6-7-13-19(23)15(2)21-16(3)20(17(4)22(24-5)26-21)25-14-18-11-9-8-10-12-18/h6,8-12,15-17,19-23H,1,7,13-14H2,2-5H3/t15-,16-,17+,19+,20+,21-,22+/m1/s1. The van der Waals surface area contributed by atoms with E-state index >= 15 is 0 Å². The molecule has 1 aromatic rings. The number of aliphatic hydroxyl groups is 1. The van der Waals surface area contributed by atoms with Crippen LogP contribution in [0.25, 0.3) is 0 Å². The van der Waals surface area contributed by atoms with Gasteiger partial charge in [0.05, 0.1) is 24.9 Å². The molecule has 1 N–H and O–H groups in total. The third-order valence-corrected chi connectivity index (χ3v) is 5.58. The van der Waals surface area contributed by atoms with E-state index in [0.29, 0.717) is 13.0 Å². The van der Waals surface area contributed by atoms with Gasteiger partial charge in [0.1, 0.15) is 0 Å². The number of rotatable bonds is 9. The van der Waals surface area contributed by atoms with E-state index in [1.165, 1.54) is 0 Å². The van der Waals surface area contributed by atoms with Crippen molar-refractivity contribution in [3.8, 4) is 0 Å². The van der Waals surface area contributed by atoms with Gasteiger partial charge in [-0.1, -0.05) is 57.2 Å². The van der Waals surface area contributed by atoms with Crippen molar-refractivity contribution in [3.63, 3.8) is 0 Å². The summed E-state index contributed by atoms with van der Waals surface area (Å²) in [5.41, 5.74) is 1.16. The summed E-state index contributed by atoms with van der Waals surface area (Å²) in [6.45, 7) is 10.6. The molecular formula is C22H34O4. The Balaban J connectivity index is 2.08. The highest BCUT2D eigenvalue weighted by atomic mass is 16.7. The molecule has 1 aliphatic rings. The number of methoxy groups -OCH3 is 1. The molecule has 0 amide bonds. The molecule has 1 aliphatic heterocycles. The number of allylic oxidation sites excluding steroid dienone is 1. The Labute approximate surface area is 158 Å². The lowest BCUT2D eigenvalue weighted by Gasteiger charge is -2.46. The molecule has 1 aromatic carbocycles. The summed E-state index contributed by atoms with van der Waals surface area (Å²) in [7, 11) is 1.67. The Morgan fingerprint density at radius 3 is 2.54 bits per heavy atom. The maximum Gasteiger partial charge on any atom is 0.162 e. The van der Waals surface area contributed by atoms with Gasteiger partial charge in [-0.25, -0.2) is 0 Å². The quantitative estimate of drug-likeness (QED) is 0.670. The summed E-state index contributed by atoms with van der Waals surface area (Å²) in [5.74, 6) is 0.277. The molecule has 1 saturated heterocycles. The van der Waals surface area contributed by atoms with E-state index in [9.17, 15) is 5.11 Å². The molecule has 0 aromatic heterocycles. The summed E-state index contributed by atoms with van der Waals surface area (Å²) in [4.78, 5) is 0. The minimum absolute atomic E-state index is 0.00192. The Morgan fingerprint density at radius 2 is 1.92 bits per heavy atom. The van der Waals surface area contributed by atoms with E-state index in [1.807, 2.05) is 31.2 Å². The van der Waals surface area contributed by atoms with Gasteiger partial charge in [-0.05, 0) is 18.4 Å². The molecule has 0 bridgehead atoms. The fourth-order valence-electron chi connectivity index (χ4n) is 3.94. The fourth-order valence-corrected chi connectivity index (χ4v) is 3.94. The molecule has 0 unspecified atom stereocenters. The van der Waals surface area contributed by atoms with Crippen molar-refractivity contribution in [2.75, 3.05) is 7.11 Å². The maximum atomic E-state index is 10.5. The number of hydrogen-bond donors (Lipinski definition) is 1. The highest BCUT2D eigenvalue weighted by Gasteiger charge is 2.45. The smallest absolute Gasteiger partial charge is 0.162 e. The molecule has 0 aliphatic carbocycles. The Bertz CT molecular complexity index is 532. The SMILES string of the molecule is C=CCC[C@H](O)[C@@H](C)[C@H]1O[C@H](OC)[C@@H](C)[C@@H](OCc2ccccc2)[C@H]1C. The van der Waals surface area contributed by atoms with Crippen molar-refractivity contribution >= 4 is 0 Å². The van der Waals surface area contributed by atoms with E-state index in [2.05, 4.69) is 32.6 Å². The van der Waals surface area contributed by atoms with Gasteiger partial charge >= 0.3 is 0 Å². The number of benzene rings is 1.